The maximum absolute atomic E-state index is 11.0. The molecule has 30 heavy (non-hydrogen) atoms. The molecule has 3 atom stereocenters. The van der Waals surface area contributed by atoms with Crippen LogP contribution in [0.1, 0.15) is 50.2 Å². The highest BCUT2D eigenvalue weighted by Gasteiger charge is 2.60. The van der Waals surface area contributed by atoms with Crippen LogP contribution in [0.3, 0.4) is 0 Å². The lowest BCUT2D eigenvalue weighted by atomic mass is 9.45. The molecule has 2 heterocycles. The van der Waals surface area contributed by atoms with E-state index in [0.717, 1.165) is 35.2 Å². The monoisotopic (exact) mass is 402 g/mol. The minimum atomic E-state index is 0.209. The molecule has 1 saturated carbocycles. The topological polar surface area (TPSA) is 64.2 Å². The number of anilines is 2. The minimum Gasteiger partial charge on any atom is -0.506 e. The van der Waals surface area contributed by atoms with Crippen molar-refractivity contribution in [3.05, 3.63) is 47.7 Å². The van der Waals surface area contributed by atoms with Gasteiger partial charge in [0.25, 0.3) is 0 Å². The van der Waals surface area contributed by atoms with Crippen LogP contribution >= 0.6 is 0 Å². The van der Waals surface area contributed by atoms with Crippen LogP contribution in [0.5, 0.6) is 5.75 Å². The van der Waals surface area contributed by atoms with E-state index in [1.54, 1.807) is 0 Å². The molecule has 2 aliphatic carbocycles. The third kappa shape index (κ3) is 2.36. The second kappa shape index (κ2) is 6.24. The number of hydrogen-bond donors (Lipinski definition) is 3. The summed E-state index contributed by atoms with van der Waals surface area (Å²) in [4.78, 5) is 2.60. The SMILES string of the molecule is CN1CC[C@@]23CCCC[C@]2(C)[C@@H]1Cc1cc(Nc2ccc4cn[nH]c4c2)c(O)cc13. The van der Waals surface area contributed by atoms with E-state index in [9.17, 15) is 5.11 Å². The van der Waals surface area contributed by atoms with Gasteiger partial charge in [0.1, 0.15) is 5.75 Å². The fraction of sp³-hybridized carbons (Fsp3) is 0.480. The lowest BCUT2D eigenvalue weighted by Gasteiger charge is -2.65. The lowest BCUT2D eigenvalue weighted by molar-refractivity contribution is -0.0735. The molecule has 3 N–H and O–H groups in total. The molecule has 6 rings (SSSR count). The summed E-state index contributed by atoms with van der Waals surface area (Å²) in [6.07, 6.45) is 9.28. The van der Waals surface area contributed by atoms with Crippen molar-refractivity contribution < 1.29 is 5.11 Å². The Morgan fingerprint density at radius 2 is 2.03 bits per heavy atom. The van der Waals surface area contributed by atoms with E-state index in [-0.39, 0.29) is 5.41 Å². The van der Waals surface area contributed by atoms with Crippen molar-refractivity contribution in [2.45, 2.75) is 56.9 Å². The third-order valence-electron chi connectivity index (χ3n) is 8.67. The molecule has 2 aromatic carbocycles. The van der Waals surface area contributed by atoms with Crippen molar-refractivity contribution in [3.63, 3.8) is 0 Å². The molecule has 0 amide bonds. The molecule has 3 aliphatic rings. The number of aromatic hydroxyl groups is 1. The van der Waals surface area contributed by atoms with Crippen LogP contribution < -0.4 is 5.32 Å². The number of benzene rings is 2. The standard InChI is InChI=1S/C25H30N4O/c1-24-7-3-4-8-25(24)9-10-29(2)23(24)12-17-11-21(22(30)14-19(17)25)27-18-6-5-16-15-26-28-20(16)13-18/h5-6,11,13-15,23,27,30H,3-4,7-10,12H2,1-2H3,(H,26,28)/t23-,24+,25+/m0/s1. The fourth-order valence-electron chi connectivity index (χ4n) is 7.03. The van der Waals surface area contributed by atoms with Gasteiger partial charge in [-0.15, -0.1) is 0 Å². The van der Waals surface area contributed by atoms with Crippen molar-refractivity contribution in [2.75, 3.05) is 18.9 Å². The Hall–Kier alpha value is -2.53. The van der Waals surface area contributed by atoms with Gasteiger partial charge in [-0.3, -0.25) is 5.10 Å². The largest absolute Gasteiger partial charge is 0.506 e. The number of hydrogen-bond acceptors (Lipinski definition) is 4. The van der Waals surface area contributed by atoms with E-state index in [4.69, 9.17) is 0 Å². The summed E-state index contributed by atoms with van der Waals surface area (Å²) in [5, 5.41) is 22.7. The average molecular weight is 403 g/mol. The predicted molar refractivity (Wildman–Crippen MR) is 120 cm³/mol. The van der Waals surface area contributed by atoms with Crippen molar-refractivity contribution >= 4 is 22.3 Å². The molecule has 0 radical (unpaired) electrons. The first-order valence-corrected chi connectivity index (χ1v) is 11.3. The zero-order valence-electron chi connectivity index (χ0n) is 17.8. The van der Waals surface area contributed by atoms with E-state index in [2.05, 4.69) is 46.5 Å². The van der Waals surface area contributed by atoms with Gasteiger partial charge < -0.3 is 15.3 Å². The third-order valence-corrected chi connectivity index (χ3v) is 8.67. The van der Waals surface area contributed by atoms with Crippen LogP contribution in [0.4, 0.5) is 11.4 Å². The number of H-pyrrole nitrogens is 1. The normalized spacial score (nSPS) is 30.7. The highest BCUT2D eigenvalue weighted by atomic mass is 16.3. The smallest absolute Gasteiger partial charge is 0.139 e. The molecular weight excluding hydrogens is 372 g/mol. The molecule has 2 fully saturated rings. The first-order valence-electron chi connectivity index (χ1n) is 11.3. The maximum Gasteiger partial charge on any atom is 0.139 e. The van der Waals surface area contributed by atoms with Crippen molar-refractivity contribution in [1.29, 1.82) is 0 Å². The van der Waals surface area contributed by atoms with Gasteiger partial charge in [0.05, 0.1) is 17.4 Å². The number of aromatic nitrogens is 2. The first-order chi connectivity index (χ1) is 14.5. The van der Waals surface area contributed by atoms with Gasteiger partial charge >= 0.3 is 0 Å². The molecule has 5 nitrogen and oxygen atoms in total. The molecule has 1 aromatic heterocycles. The Kier molecular flexibility index (Phi) is 3.80. The summed E-state index contributed by atoms with van der Waals surface area (Å²) in [7, 11) is 2.30. The number of nitrogens with one attached hydrogen (secondary N) is 2. The van der Waals surface area contributed by atoms with Crippen LogP contribution in [0.25, 0.3) is 10.9 Å². The highest BCUT2D eigenvalue weighted by Crippen LogP contribution is 2.63. The number of likely N-dealkylation sites (N-methyl/N-ethyl adjacent to an activating group) is 1. The second-order valence-electron chi connectivity index (χ2n) is 9.98. The van der Waals surface area contributed by atoms with Crippen molar-refractivity contribution in [1.82, 2.24) is 15.1 Å². The summed E-state index contributed by atoms with van der Waals surface area (Å²) >= 11 is 0. The van der Waals surface area contributed by atoms with Crippen LogP contribution in [-0.4, -0.2) is 39.8 Å². The van der Waals surface area contributed by atoms with Gasteiger partial charge in [-0.25, -0.2) is 0 Å². The Labute approximate surface area is 177 Å². The molecule has 1 saturated heterocycles. The Morgan fingerprint density at radius 1 is 1.17 bits per heavy atom. The lowest BCUT2D eigenvalue weighted by Crippen LogP contribution is -2.66. The van der Waals surface area contributed by atoms with E-state index < -0.39 is 0 Å². The number of fused-ring (bicyclic) bond motifs is 2. The highest BCUT2D eigenvalue weighted by molar-refractivity contribution is 5.83. The molecule has 156 valence electrons. The second-order valence-corrected chi connectivity index (χ2v) is 9.98. The molecular formula is C25H30N4O. The summed E-state index contributed by atoms with van der Waals surface area (Å²) < 4.78 is 0. The van der Waals surface area contributed by atoms with Gasteiger partial charge in [0.15, 0.2) is 0 Å². The van der Waals surface area contributed by atoms with Crippen molar-refractivity contribution in [3.8, 4) is 5.75 Å². The quantitative estimate of drug-likeness (QED) is 0.523. The Bertz CT molecular complexity index is 1140. The van der Waals surface area contributed by atoms with E-state index in [0.29, 0.717) is 17.2 Å². The summed E-state index contributed by atoms with van der Waals surface area (Å²) in [5.41, 5.74) is 6.08. The molecule has 0 spiro atoms. The minimum absolute atomic E-state index is 0.209. The van der Waals surface area contributed by atoms with E-state index in [1.807, 2.05) is 24.4 Å². The molecule has 3 aromatic rings. The van der Waals surface area contributed by atoms with Gasteiger partial charge in [-0.2, -0.15) is 5.10 Å². The van der Waals surface area contributed by atoms with Crippen LogP contribution in [0.15, 0.2) is 36.5 Å². The summed E-state index contributed by atoms with van der Waals surface area (Å²) in [6.45, 7) is 3.68. The first kappa shape index (κ1) is 18.3. The Balaban J connectivity index is 1.44. The number of nitrogens with zero attached hydrogens (tertiary/aromatic N) is 2. The summed E-state index contributed by atoms with van der Waals surface area (Å²) in [6, 6.07) is 11.0. The summed E-state index contributed by atoms with van der Waals surface area (Å²) in [5.74, 6) is 0.359. The van der Waals surface area contributed by atoms with E-state index in [1.165, 1.54) is 43.2 Å². The Morgan fingerprint density at radius 3 is 2.93 bits per heavy atom. The zero-order valence-corrected chi connectivity index (χ0v) is 17.8. The number of likely N-dealkylation sites (tertiary alicyclic amines) is 1. The molecule has 1 aliphatic heterocycles. The number of aromatic amines is 1. The van der Waals surface area contributed by atoms with Gasteiger partial charge in [0.2, 0.25) is 0 Å². The van der Waals surface area contributed by atoms with Crippen LogP contribution in [-0.2, 0) is 11.8 Å². The van der Waals surface area contributed by atoms with Crippen LogP contribution in [0, 0.1) is 5.41 Å². The van der Waals surface area contributed by atoms with Crippen molar-refractivity contribution in [2.24, 2.45) is 5.41 Å². The van der Waals surface area contributed by atoms with Gasteiger partial charge in [-0.1, -0.05) is 19.8 Å². The van der Waals surface area contributed by atoms with Gasteiger partial charge in [0, 0.05) is 22.5 Å². The number of phenols is 1. The predicted octanol–water partition coefficient (Wildman–Crippen LogP) is 5.09. The van der Waals surface area contributed by atoms with Gasteiger partial charge in [-0.05, 0) is 86.1 Å². The fourth-order valence-corrected chi connectivity index (χ4v) is 7.03. The zero-order chi connectivity index (χ0) is 20.5. The number of phenolic OH excluding ortho intramolecular Hbond substituents is 1. The number of piperidine rings is 1. The van der Waals surface area contributed by atoms with E-state index >= 15 is 0 Å². The molecule has 0 unspecified atom stereocenters. The molecule has 5 heteroatoms. The average Bonchev–Trinajstić information content (AvgIpc) is 3.20. The maximum atomic E-state index is 11.0. The molecule has 2 bridgehead atoms. The van der Waals surface area contributed by atoms with Crippen LogP contribution in [0.2, 0.25) is 0 Å². The number of rotatable bonds is 2.